The predicted octanol–water partition coefficient (Wildman–Crippen LogP) is 2.79. The number of anilines is 1. The third kappa shape index (κ3) is 2.68. The van der Waals surface area contributed by atoms with Gasteiger partial charge in [-0.1, -0.05) is 0 Å². The van der Waals surface area contributed by atoms with Crippen molar-refractivity contribution in [2.75, 3.05) is 32.2 Å². The summed E-state index contributed by atoms with van der Waals surface area (Å²) < 4.78 is 16.7. The molecule has 1 amide bonds. The minimum Gasteiger partial charge on any atom is -0.482 e. The van der Waals surface area contributed by atoms with Crippen LogP contribution in [0.1, 0.15) is 17.8 Å². The summed E-state index contributed by atoms with van der Waals surface area (Å²) in [7, 11) is 1.73. The lowest BCUT2D eigenvalue weighted by molar-refractivity contribution is -0.118. The Balaban J connectivity index is 1.65. The summed E-state index contributed by atoms with van der Waals surface area (Å²) in [6.45, 7) is 1.43. The predicted molar refractivity (Wildman–Crippen MR) is 90.4 cm³/mol. The lowest BCUT2D eigenvalue weighted by Gasteiger charge is -2.33. The summed E-state index contributed by atoms with van der Waals surface area (Å²) >= 11 is 1.60. The fraction of sp³-hybridized carbons (Fsp3) is 0.412. The monoisotopic (exact) mass is 346 g/mol. The van der Waals surface area contributed by atoms with Gasteiger partial charge in [-0.05, 0) is 18.2 Å². The largest absolute Gasteiger partial charge is 0.482 e. The van der Waals surface area contributed by atoms with Gasteiger partial charge in [0, 0.05) is 44.1 Å². The topological polar surface area (TPSA) is 69.7 Å². The number of methoxy groups -OCH3 is 1. The third-order valence-electron chi connectivity index (χ3n) is 4.49. The van der Waals surface area contributed by atoms with Gasteiger partial charge in [0.2, 0.25) is 0 Å². The van der Waals surface area contributed by atoms with Crippen LogP contribution in [0, 0.1) is 0 Å². The molecule has 4 rings (SSSR count). The minimum atomic E-state index is -0.354. The Morgan fingerprint density at radius 1 is 1.33 bits per heavy atom. The number of nitrogens with one attached hydrogen (secondary N) is 1. The summed E-state index contributed by atoms with van der Waals surface area (Å²) in [5.74, 6) is 0.547. The highest BCUT2D eigenvalue weighted by molar-refractivity contribution is 7.10. The van der Waals surface area contributed by atoms with Gasteiger partial charge in [0.15, 0.2) is 6.61 Å². The van der Waals surface area contributed by atoms with Crippen molar-refractivity contribution in [1.29, 1.82) is 0 Å². The number of rotatable bonds is 3. The summed E-state index contributed by atoms with van der Waals surface area (Å²) in [6.07, 6.45) is 1.62. The molecular formula is C17H18N2O4S. The normalized spacial score (nSPS) is 19.3. The SMILES string of the molecule is COC1(c2nc(-c3ccc4c(c3)NC(=O)CO4)cs2)CCOCC1. The van der Waals surface area contributed by atoms with Gasteiger partial charge in [0.1, 0.15) is 16.4 Å². The highest BCUT2D eigenvalue weighted by atomic mass is 32.1. The molecule has 0 saturated carbocycles. The van der Waals surface area contributed by atoms with Crippen molar-refractivity contribution in [3.8, 4) is 17.0 Å². The van der Waals surface area contributed by atoms with Crippen LogP contribution in [0.15, 0.2) is 23.6 Å². The van der Waals surface area contributed by atoms with Gasteiger partial charge < -0.3 is 19.5 Å². The molecule has 2 aliphatic heterocycles. The Labute approximate surface area is 143 Å². The second-order valence-electron chi connectivity index (χ2n) is 5.90. The lowest BCUT2D eigenvalue weighted by Crippen LogP contribution is -2.35. The first-order valence-corrected chi connectivity index (χ1v) is 8.74. The first-order valence-electron chi connectivity index (χ1n) is 7.86. The smallest absolute Gasteiger partial charge is 0.262 e. The van der Waals surface area contributed by atoms with Gasteiger partial charge in [-0.25, -0.2) is 4.98 Å². The van der Waals surface area contributed by atoms with E-state index in [0.29, 0.717) is 24.7 Å². The molecule has 1 fully saturated rings. The molecule has 0 atom stereocenters. The van der Waals surface area contributed by atoms with Gasteiger partial charge in [-0.3, -0.25) is 4.79 Å². The van der Waals surface area contributed by atoms with E-state index in [1.807, 2.05) is 23.6 Å². The molecular weight excluding hydrogens is 328 g/mol. The van der Waals surface area contributed by atoms with E-state index in [0.717, 1.165) is 29.1 Å². The maximum Gasteiger partial charge on any atom is 0.262 e. The van der Waals surface area contributed by atoms with E-state index >= 15 is 0 Å². The van der Waals surface area contributed by atoms with Crippen LogP contribution in [0.25, 0.3) is 11.3 Å². The fourth-order valence-electron chi connectivity index (χ4n) is 3.06. The maximum atomic E-state index is 11.5. The van der Waals surface area contributed by atoms with Crippen LogP contribution >= 0.6 is 11.3 Å². The number of thiazole rings is 1. The molecule has 1 aromatic carbocycles. The Morgan fingerprint density at radius 2 is 2.17 bits per heavy atom. The van der Waals surface area contributed by atoms with Gasteiger partial charge in [0.05, 0.1) is 11.4 Å². The molecule has 0 bridgehead atoms. The van der Waals surface area contributed by atoms with Crippen molar-refractivity contribution < 1.29 is 19.0 Å². The molecule has 1 aromatic heterocycles. The summed E-state index contributed by atoms with van der Waals surface area (Å²) in [5.41, 5.74) is 2.15. The van der Waals surface area contributed by atoms with Gasteiger partial charge in [-0.2, -0.15) is 0 Å². The van der Waals surface area contributed by atoms with Crippen molar-refractivity contribution in [2.45, 2.75) is 18.4 Å². The Kier molecular flexibility index (Phi) is 3.99. The zero-order chi connectivity index (χ0) is 16.6. The first-order chi connectivity index (χ1) is 11.7. The summed E-state index contributed by atoms with van der Waals surface area (Å²) in [4.78, 5) is 16.3. The number of hydrogen-bond donors (Lipinski definition) is 1. The van der Waals surface area contributed by atoms with Crippen LogP contribution in [-0.2, 0) is 19.9 Å². The number of benzene rings is 1. The average Bonchev–Trinajstić information content (AvgIpc) is 3.12. The number of nitrogens with zero attached hydrogens (tertiary/aromatic N) is 1. The van der Waals surface area contributed by atoms with Gasteiger partial charge >= 0.3 is 0 Å². The molecule has 6 nitrogen and oxygen atoms in total. The molecule has 1 N–H and O–H groups in total. The highest BCUT2D eigenvalue weighted by Crippen LogP contribution is 2.39. The Morgan fingerprint density at radius 3 is 2.96 bits per heavy atom. The number of aromatic nitrogens is 1. The van der Waals surface area contributed by atoms with Crippen LogP contribution in [0.3, 0.4) is 0 Å². The van der Waals surface area contributed by atoms with Crippen LogP contribution in [-0.4, -0.2) is 37.8 Å². The Bertz CT molecular complexity index is 768. The molecule has 0 aliphatic carbocycles. The van der Waals surface area contributed by atoms with Crippen molar-refractivity contribution in [1.82, 2.24) is 4.98 Å². The van der Waals surface area contributed by atoms with Crippen LogP contribution in [0.5, 0.6) is 5.75 Å². The van der Waals surface area contributed by atoms with Crippen LogP contribution < -0.4 is 10.1 Å². The number of fused-ring (bicyclic) bond motifs is 1. The number of carbonyl (C=O) groups excluding carboxylic acids is 1. The van der Waals surface area contributed by atoms with Crippen molar-refractivity contribution in [2.24, 2.45) is 0 Å². The van der Waals surface area contributed by atoms with Crippen molar-refractivity contribution >= 4 is 22.9 Å². The Hall–Kier alpha value is -1.96. The number of carbonyl (C=O) groups is 1. The van der Waals surface area contributed by atoms with E-state index in [4.69, 9.17) is 19.2 Å². The standard InChI is InChI=1S/C17H18N2O4S/c1-21-17(4-6-22-7-5-17)16-19-13(10-24-16)11-2-3-14-12(8-11)18-15(20)9-23-14/h2-3,8,10H,4-7,9H2,1H3,(H,18,20). The minimum absolute atomic E-state index is 0.0611. The van der Waals surface area contributed by atoms with E-state index in [9.17, 15) is 4.79 Å². The molecule has 2 aromatic rings. The van der Waals surface area contributed by atoms with Gasteiger partial charge in [0.25, 0.3) is 5.91 Å². The zero-order valence-electron chi connectivity index (χ0n) is 13.3. The molecule has 1 saturated heterocycles. The lowest BCUT2D eigenvalue weighted by atomic mass is 9.95. The van der Waals surface area contributed by atoms with Crippen molar-refractivity contribution in [3.63, 3.8) is 0 Å². The fourth-order valence-corrected chi connectivity index (χ4v) is 4.13. The molecule has 126 valence electrons. The molecule has 3 heterocycles. The molecule has 24 heavy (non-hydrogen) atoms. The molecule has 0 spiro atoms. The van der Waals surface area contributed by atoms with E-state index in [-0.39, 0.29) is 18.1 Å². The molecule has 0 unspecified atom stereocenters. The molecule has 2 aliphatic rings. The second-order valence-corrected chi connectivity index (χ2v) is 6.75. The van der Waals surface area contributed by atoms with Crippen molar-refractivity contribution in [3.05, 3.63) is 28.6 Å². The number of amides is 1. The average molecular weight is 346 g/mol. The quantitative estimate of drug-likeness (QED) is 0.925. The van der Waals surface area contributed by atoms with Crippen LogP contribution in [0.2, 0.25) is 0 Å². The van der Waals surface area contributed by atoms with E-state index < -0.39 is 0 Å². The molecule has 0 radical (unpaired) electrons. The van der Waals surface area contributed by atoms with E-state index in [1.165, 1.54) is 0 Å². The number of hydrogen-bond acceptors (Lipinski definition) is 6. The van der Waals surface area contributed by atoms with E-state index in [2.05, 4.69) is 5.32 Å². The highest BCUT2D eigenvalue weighted by Gasteiger charge is 2.37. The molecule has 7 heteroatoms. The number of ether oxygens (including phenoxy) is 3. The van der Waals surface area contributed by atoms with E-state index in [1.54, 1.807) is 18.4 Å². The maximum absolute atomic E-state index is 11.5. The van der Waals surface area contributed by atoms with Gasteiger partial charge in [-0.15, -0.1) is 11.3 Å². The first kappa shape index (κ1) is 15.6. The summed E-state index contributed by atoms with van der Waals surface area (Å²) in [5, 5.41) is 5.83. The summed E-state index contributed by atoms with van der Waals surface area (Å²) in [6, 6.07) is 5.72. The van der Waals surface area contributed by atoms with Crippen LogP contribution in [0.4, 0.5) is 5.69 Å². The zero-order valence-corrected chi connectivity index (χ0v) is 14.1. The third-order valence-corrected chi connectivity index (χ3v) is 5.52. The second kappa shape index (κ2) is 6.16.